The number of rotatable bonds is 5. The van der Waals surface area contributed by atoms with E-state index in [2.05, 4.69) is 36.4 Å². The van der Waals surface area contributed by atoms with E-state index >= 15 is 0 Å². The van der Waals surface area contributed by atoms with Crippen molar-refractivity contribution in [1.82, 2.24) is 0 Å². The Bertz CT molecular complexity index is 73.7. The molecule has 2 heteroatoms. The molecule has 0 radical (unpaired) electrons. The molecule has 1 atom stereocenters. The maximum atomic E-state index is 5.83. The second-order valence-electron chi connectivity index (χ2n) is 3.21. The molecule has 1 nitrogen and oxygen atoms in total. The van der Waals surface area contributed by atoms with Crippen LogP contribution in [0.5, 0.6) is 0 Å². The molecule has 0 aromatic heterocycles. The highest BCUT2D eigenvalue weighted by atomic mass is 127. The lowest BCUT2D eigenvalue weighted by molar-refractivity contribution is 0.492. The predicted octanol–water partition coefficient (Wildman–Crippen LogP) is 2.58. The minimum absolute atomic E-state index is 0.444. The third kappa shape index (κ3) is 6.81. The topological polar surface area (TPSA) is 26.0 Å². The van der Waals surface area contributed by atoms with E-state index in [0.717, 1.165) is 5.92 Å². The summed E-state index contributed by atoms with van der Waals surface area (Å²) in [4.78, 5) is 0. The van der Waals surface area contributed by atoms with Crippen molar-refractivity contribution in [2.24, 2.45) is 11.7 Å². The van der Waals surface area contributed by atoms with E-state index < -0.39 is 0 Å². The fraction of sp³-hybridized carbons (Fsp3) is 1.00. The second kappa shape index (κ2) is 6.40. The van der Waals surface area contributed by atoms with Crippen molar-refractivity contribution in [2.45, 2.75) is 39.2 Å². The molecular weight excluding hydrogens is 237 g/mol. The first-order valence-electron chi connectivity index (χ1n) is 3.98. The Morgan fingerprint density at radius 2 is 1.80 bits per heavy atom. The van der Waals surface area contributed by atoms with Gasteiger partial charge in [-0.3, -0.25) is 0 Å². The van der Waals surface area contributed by atoms with Crippen molar-refractivity contribution in [2.75, 3.05) is 4.43 Å². The molecule has 10 heavy (non-hydrogen) atoms. The van der Waals surface area contributed by atoms with Gasteiger partial charge in [-0.15, -0.1) is 0 Å². The molecule has 0 aromatic carbocycles. The molecule has 0 fully saturated rings. The Kier molecular flexibility index (Phi) is 6.85. The summed E-state index contributed by atoms with van der Waals surface area (Å²) < 4.78 is 1.19. The molecule has 0 aromatic rings. The van der Waals surface area contributed by atoms with Gasteiger partial charge in [0, 0.05) is 10.5 Å². The smallest absolute Gasteiger partial charge is 0.00462 e. The lowest BCUT2D eigenvalue weighted by Gasteiger charge is -2.10. The van der Waals surface area contributed by atoms with Gasteiger partial charge in [0.25, 0.3) is 0 Å². The molecule has 2 N–H and O–H groups in total. The third-order valence-corrected chi connectivity index (χ3v) is 2.22. The average Bonchev–Trinajstić information content (AvgIpc) is 1.85. The molecule has 0 heterocycles. The van der Waals surface area contributed by atoms with E-state index in [-0.39, 0.29) is 0 Å². The van der Waals surface area contributed by atoms with Crippen molar-refractivity contribution in [3.63, 3.8) is 0 Å². The number of halogens is 1. The highest BCUT2D eigenvalue weighted by molar-refractivity contribution is 14.1. The Hall–Kier alpha value is 0.690. The molecule has 0 spiro atoms. The average molecular weight is 255 g/mol. The van der Waals surface area contributed by atoms with Gasteiger partial charge in [0.15, 0.2) is 0 Å². The first-order valence-corrected chi connectivity index (χ1v) is 5.51. The van der Waals surface area contributed by atoms with Gasteiger partial charge in [-0.2, -0.15) is 0 Å². The van der Waals surface area contributed by atoms with E-state index in [1.165, 1.54) is 23.7 Å². The summed E-state index contributed by atoms with van der Waals surface area (Å²) in [5.41, 5.74) is 5.83. The molecule has 0 saturated carbocycles. The second-order valence-corrected chi connectivity index (χ2v) is 4.29. The standard InChI is InChI=1S/C8H18IN/c1-7(2)3-4-8(10)5-6-9/h7-8H,3-6,10H2,1-2H3. The van der Waals surface area contributed by atoms with Crippen molar-refractivity contribution >= 4 is 22.6 Å². The first kappa shape index (κ1) is 10.7. The Morgan fingerprint density at radius 3 is 2.20 bits per heavy atom. The van der Waals surface area contributed by atoms with Crippen LogP contribution in [0, 0.1) is 5.92 Å². The molecule has 0 saturated heterocycles. The Morgan fingerprint density at radius 1 is 1.20 bits per heavy atom. The van der Waals surface area contributed by atoms with E-state index in [1.807, 2.05) is 0 Å². The minimum Gasteiger partial charge on any atom is -0.328 e. The molecule has 62 valence electrons. The van der Waals surface area contributed by atoms with Gasteiger partial charge in [-0.25, -0.2) is 0 Å². The van der Waals surface area contributed by atoms with Crippen LogP contribution in [0.1, 0.15) is 33.1 Å². The summed E-state index contributed by atoms with van der Waals surface area (Å²) in [7, 11) is 0. The van der Waals surface area contributed by atoms with Crippen LogP contribution in [0.25, 0.3) is 0 Å². The summed E-state index contributed by atoms with van der Waals surface area (Å²) in [5.74, 6) is 0.806. The molecular formula is C8H18IN. The maximum absolute atomic E-state index is 5.83. The third-order valence-electron chi connectivity index (χ3n) is 1.59. The lowest BCUT2D eigenvalue weighted by atomic mass is 10.0. The van der Waals surface area contributed by atoms with Gasteiger partial charge in [0.2, 0.25) is 0 Å². The fourth-order valence-electron chi connectivity index (χ4n) is 0.832. The lowest BCUT2D eigenvalue weighted by Crippen LogP contribution is -2.20. The quantitative estimate of drug-likeness (QED) is 0.593. The first-order chi connectivity index (χ1) is 4.66. The van der Waals surface area contributed by atoms with Gasteiger partial charge in [-0.05, 0) is 25.2 Å². The van der Waals surface area contributed by atoms with Gasteiger partial charge < -0.3 is 5.73 Å². The summed E-state index contributed by atoms with van der Waals surface area (Å²) in [6.45, 7) is 4.49. The van der Waals surface area contributed by atoms with E-state index in [1.54, 1.807) is 0 Å². The van der Waals surface area contributed by atoms with Gasteiger partial charge >= 0.3 is 0 Å². The SMILES string of the molecule is CC(C)CCC(N)CCI. The van der Waals surface area contributed by atoms with Crippen molar-refractivity contribution in [3.05, 3.63) is 0 Å². The Labute approximate surface area is 77.9 Å². The number of alkyl halides is 1. The van der Waals surface area contributed by atoms with Crippen LogP contribution < -0.4 is 5.73 Å². The number of hydrogen-bond donors (Lipinski definition) is 1. The van der Waals surface area contributed by atoms with Crippen LogP contribution in [0.15, 0.2) is 0 Å². The number of hydrogen-bond acceptors (Lipinski definition) is 1. The Balaban J connectivity index is 3.12. The van der Waals surface area contributed by atoms with Gasteiger partial charge in [0.1, 0.15) is 0 Å². The minimum atomic E-state index is 0.444. The van der Waals surface area contributed by atoms with Crippen molar-refractivity contribution in [3.8, 4) is 0 Å². The molecule has 0 aliphatic rings. The zero-order valence-electron chi connectivity index (χ0n) is 6.94. The zero-order valence-corrected chi connectivity index (χ0v) is 9.10. The number of nitrogens with two attached hydrogens (primary N) is 1. The molecule has 0 bridgehead atoms. The highest BCUT2D eigenvalue weighted by Gasteiger charge is 2.01. The summed E-state index contributed by atoms with van der Waals surface area (Å²) in [6.07, 6.45) is 3.64. The summed E-state index contributed by atoms with van der Waals surface area (Å²) >= 11 is 2.38. The largest absolute Gasteiger partial charge is 0.328 e. The van der Waals surface area contributed by atoms with Crippen molar-refractivity contribution < 1.29 is 0 Å². The van der Waals surface area contributed by atoms with Gasteiger partial charge in [0.05, 0.1) is 0 Å². The maximum Gasteiger partial charge on any atom is 0.00462 e. The monoisotopic (exact) mass is 255 g/mol. The zero-order chi connectivity index (χ0) is 7.98. The van der Waals surface area contributed by atoms with E-state index in [9.17, 15) is 0 Å². The molecule has 0 rings (SSSR count). The van der Waals surface area contributed by atoms with Crippen LogP contribution in [0.2, 0.25) is 0 Å². The van der Waals surface area contributed by atoms with E-state index in [4.69, 9.17) is 5.73 Å². The van der Waals surface area contributed by atoms with Crippen LogP contribution in [-0.4, -0.2) is 10.5 Å². The molecule has 1 unspecified atom stereocenters. The predicted molar refractivity (Wildman–Crippen MR) is 55.6 cm³/mol. The normalized spacial score (nSPS) is 14.1. The summed E-state index contributed by atoms with van der Waals surface area (Å²) in [6, 6.07) is 0.444. The van der Waals surface area contributed by atoms with Crippen molar-refractivity contribution in [1.29, 1.82) is 0 Å². The highest BCUT2D eigenvalue weighted by Crippen LogP contribution is 2.08. The summed E-state index contributed by atoms with van der Waals surface area (Å²) in [5, 5.41) is 0. The molecule has 0 aliphatic heterocycles. The fourth-order valence-corrected chi connectivity index (χ4v) is 1.63. The molecule has 0 aliphatic carbocycles. The molecule has 0 amide bonds. The van der Waals surface area contributed by atoms with Gasteiger partial charge in [-0.1, -0.05) is 36.4 Å². The van der Waals surface area contributed by atoms with Crippen LogP contribution in [-0.2, 0) is 0 Å². The van der Waals surface area contributed by atoms with E-state index in [0.29, 0.717) is 6.04 Å². The van der Waals surface area contributed by atoms with Crippen LogP contribution in [0.4, 0.5) is 0 Å². The van der Waals surface area contributed by atoms with Crippen LogP contribution >= 0.6 is 22.6 Å². The van der Waals surface area contributed by atoms with Crippen LogP contribution in [0.3, 0.4) is 0 Å².